The summed E-state index contributed by atoms with van der Waals surface area (Å²) in [6, 6.07) is 7.90. The fourth-order valence-corrected chi connectivity index (χ4v) is 2.74. The fraction of sp³-hybridized carbons (Fsp3) is 0.533. The third-order valence-electron chi connectivity index (χ3n) is 3.63. The van der Waals surface area contributed by atoms with Crippen molar-refractivity contribution in [3.05, 3.63) is 34.3 Å². The van der Waals surface area contributed by atoms with E-state index >= 15 is 0 Å². The van der Waals surface area contributed by atoms with E-state index in [4.69, 9.17) is 5.11 Å². The SMILES string of the molecule is O=C(Cc1ccc(Br)cc1)N1CCCN(CCO)CC1. The number of nitrogens with zero attached hydrogens (tertiary/aromatic N) is 2. The molecule has 110 valence electrons. The number of amides is 1. The van der Waals surface area contributed by atoms with Gasteiger partial charge in [0, 0.05) is 30.7 Å². The summed E-state index contributed by atoms with van der Waals surface area (Å²) < 4.78 is 1.03. The molecule has 1 aromatic carbocycles. The molecule has 0 radical (unpaired) electrons. The van der Waals surface area contributed by atoms with Gasteiger partial charge < -0.3 is 10.0 Å². The molecular weight excluding hydrogens is 320 g/mol. The molecule has 1 N–H and O–H groups in total. The summed E-state index contributed by atoms with van der Waals surface area (Å²) in [6.45, 7) is 4.28. The van der Waals surface area contributed by atoms with Gasteiger partial charge in [0.15, 0.2) is 0 Å². The van der Waals surface area contributed by atoms with E-state index in [1.165, 1.54) is 0 Å². The van der Waals surface area contributed by atoms with Crippen LogP contribution in [0.1, 0.15) is 12.0 Å². The third kappa shape index (κ3) is 4.58. The molecular formula is C15H21BrN2O2. The average molecular weight is 341 g/mol. The Bertz CT molecular complexity index is 436. The minimum atomic E-state index is 0.187. The predicted octanol–water partition coefficient (Wildman–Crippen LogP) is 1.52. The van der Waals surface area contributed by atoms with Crippen LogP contribution < -0.4 is 0 Å². The highest BCUT2D eigenvalue weighted by Gasteiger charge is 2.18. The maximum Gasteiger partial charge on any atom is 0.227 e. The molecule has 1 amide bonds. The van der Waals surface area contributed by atoms with Crippen molar-refractivity contribution in [3.63, 3.8) is 0 Å². The van der Waals surface area contributed by atoms with Crippen LogP contribution in [-0.4, -0.2) is 60.1 Å². The molecule has 20 heavy (non-hydrogen) atoms. The van der Waals surface area contributed by atoms with Crippen molar-refractivity contribution >= 4 is 21.8 Å². The standard InChI is InChI=1S/C15H21BrN2O2/c16-14-4-2-13(3-5-14)12-15(20)18-7-1-6-17(8-9-18)10-11-19/h2-5,19H,1,6-12H2. The van der Waals surface area contributed by atoms with Crippen LogP contribution in [0.25, 0.3) is 0 Å². The number of carbonyl (C=O) groups excluding carboxylic acids is 1. The average Bonchev–Trinajstić information content (AvgIpc) is 2.67. The zero-order valence-electron chi connectivity index (χ0n) is 11.6. The Morgan fingerprint density at radius 2 is 1.90 bits per heavy atom. The first-order valence-corrected chi connectivity index (χ1v) is 7.84. The zero-order chi connectivity index (χ0) is 14.4. The van der Waals surface area contributed by atoms with E-state index in [0.717, 1.165) is 42.6 Å². The number of hydrogen-bond donors (Lipinski definition) is 1. The number of halogens is 1. The molecule has 0 saturated carbocycles. The molecule has 1 fully saturated rings. The molecule has 1 aliphatic rings. The summed E-state index contributed by atoms with van der Waals surface area (Å²) in [5, 5.41) is 8.98. The van der Waals surface area contributed by atoms with Gasteiger partial charge in [0.1, 0.15) is 0 Å². The van der Waals surface area contributed by atoms with Gasteiger partial charge in [-0.3, -0.25) is 9.69 Å². The Morgan fingerprint density at radius 1 is 1.15 bits per heavy atom. The lowest BCUT2D eigenvalue weighted by Crippen LogP contribution is -2.36. The van der Waals surface area contributed by atoms with Gasteiger partial charge in [0.2, 0.25) is 5.91 Å². The number of rotatable bonds is 4. The van der Waals surface area contributed by atoms with Crippen LogP contribution in [0.5, 0.6) is 0 Å². The van der Waals surface area contributed by atoms with Crippen LogP contribution in [0, 0.1) is 0 Å². The van der Waals surface area contributed by atoms with Crippen LogP contribution in [0.4, 0.5) is 0 Å². The molecule has 1 aliphatic heterocycles. The largest absolute Gasteiger partial charge is 0.395 e. The minimum Gasteiger partial charge on any atom is -0.395 e. The lowest BCUT2D eigenvalue weighted by Gasteiger charge is -2.21. The Balaban J connectivity index is 1.87. The molecule has 0 aromatic heterocycles. The Kier molecular flexibility index (Phi) is 6.01. The van der Waals surface area contributed by atoms with Gasteiger partial charge in [0.25, 0.3) is 0 Å². The van der Waals surface area contributed by atoms with Crippen molar-refractivity contribution in [2.45, 2.75) is 12.8 Å². The van der Waals surface area contributed by atoms with E-state index in [1.54, 1.807) is 0 Å². The molecule has 0 atom stereocenters. The van der Waals surface area contributed by atoms with Gasteiger partial charge >= 0.3 is 0 Å². The quantitative estimate of drug-likeness (QED) is 0.903. The van der Waals surface area contributed by atoms with E-state index in [2.05, 4.69) is 20.8 Å². The van der Waals surface area contributed by atoms with Crippen molar-refractivity contribution in [1.29, 1.82) is 0 Å². The Labute approximate surface area is 128 Å². The second-order valence-corrected chi connectivity index (χ2v) is 6.02. The van der Waals surface area contributed by atoms with Gasteiger partial charge in [-0.25, -0.2) is 0 Å². The molecule has 1 aromatic rings. The molecule has 0 spiro atoms. The van der Waals surface area contributed by atoms with Gasteiger partial charge in [-0.15, -0.1) is 0 Å². The van der Waals surface area contributed by atoms with Crippen LogP contribution in [0.3, 0.4) is 0 Å². The molecule has 0 bridgehead atoms. The maximum absolute atomic E-state index is 12.3. The summed E-state index contributed by atoms with van der Waals surface area (Å²) >= 11 is 3.40. The van der Waals surface area contributed by atoms with Crippen LogP contribution >= 0.6 is 15.9 Å². The topological polar surface area (TPSA) is 43.8 Å². The highest BCUT2D eigenvalue weighted by Crippen LogP contribution is 2.12. The van der Waals surface area contributed by atoms with Gasteiger partial charge in [0.05, 0.1) is 13.0 Å². The highest BCUT2D eigenvalue weighted by molar-refractivity contribution is 9.10. The maximum atomic E-state index is 12.3. The van der Waals surface area contributed by atoms with E-state index < -0.39 is 0 Å². The lowest BCUT2D eigenvalue weighted by molar-refractivity contribution is -0.130. The summed E-state index contributed by atoms with van der Waals surface area (Å²) in [5.74, 6) is 0.193. The lowest BCUT2D eigenvalue weighted by atomic mass is 10.1. The molecule has 4 nitrogen and oxygen atoms in total. The van der Waals surface area contributed by atoms with Crippen molar-refractivity contribution in [2.24, 2.45) is 0 Å². The van der Waals surface area contributed by atoms with E-state index in [-0.39, 0.29) is 12.5 Å². The van der Waals surface area contributed by atoms with Crippen LogP contribution in [0.2, 0.25) is 0 Å². The summed E-state index contributed by atoms with van der Waals surface area (Å²) in [5.41, 5.74) is 1.05. The van der Waals surface area contributed by atoms with Crippen LogP contribution in [0.15, 0.2) is 28.7 Å². The van der Waals surface area contributed by atoms with E-state index in [0.29, 0.717) is 13.0 Å². The number of aliphatic hydroxyl groups excluding tert-OH is 1. The number of carbonyl (C=O) groups is 1. The normalized spacial score (nSPS) is 17.0. The van der Waals surface area contributed by atoms with Gasteiger partial charge in [-0.1, -0.05) is 28.1 Å². The molecule has 0 aliphatic carbocycles. The third-order valence-corrected chi connectivity index (χ3v) is 4.15. The first-order valence-electron chi connectivity index (χ1n) is 7.04. The number of benzene rings is 1. The molecule has 2 rings (SSSR count). The molecule has 1 heterocycles. The first-order chi connectivity index (χ1) is 9.69. The van der Waals surface area contributed by atoms with Gasteiger partial charge in [-0.2, -0.15) is 0 Å². The summed E-state index contributed by atoms with van der Waals surface area (Å²) in [7, 11) is 0. The van der Waals surface area contributed by atoms with E-state index in [1.807, 2.05) is 29.2 Å². The van der Waals surface area contributed by atoms with Crippen molar-refractivity contribution in [2.75, 3.05) is 39.3 Å². The molecule has 5 heteroatoms. The highest BCUT2D eigenvalue weighted by atomic mass is 79.9. The Hall–Kier alpha value is -0.910. The van der Waals surface area contributed by atoms with Gasteiger partial charge in [-0.05, 0) is 30.7 Å². The second kappa shape index (κ2) is 7.76. The summed E-state index contributed by atoms with van der Waals surface area (Å²) in [4.78, 5) is 16.5. The molecule has 1 saturated heterocycles. The smallest absolute Gasteiger partial charge is 0.227 e. The number of aliphatic hydroxyl groups is 1. The number of β-amino-alcohol motifs (C(OH)–C–C–N with tert-alkyl or cyclic N) is 1. The minimum absolute atomic E-state index is 0.187. The van der Waals surface area contributed by atoms with Crippen molar-refractivity contribution in [3.8, 4) is 0 Å². The fourth-order valence-electron chi connectivity index (χ4n) is 2.47. The monoisotopic (exact) mass is 340 g/mol. The Morgan fingerprint density at radius 3 is 2.60 bits per heavy atom. The second-order valence-electron chi connectivity index (χ2n) is 5.10. The first kappa shape index (κ1) is 15.5. The zero-order valence-corrected chi connectivity index (χ0v) is 13.2. The van der Waals surface area contributed by atoms with E-state index in [9.17, 15) is 4.79 Å². The molecule has 0 unspecified atom stereocenters. The van der Waals surface area contributed by atoms with Crippen LogP contribution in [-0.2, 0) is 11.2 Å². The van der Waals surface area contributed by atoms with Crippen molar-refractivity contribution < 1.29 is 9.90 Å². The predicted molar refractivity (Wildman–Crippen MR) is 82.6 cm³/mol. The number of hydrogen-bond acceptors (Lipinski definition) is 3. The summed E-state index contributed by atoms with van der Waals surface area (Å²) in [6.07, 6.45) is 1.44. The van der Waals surface area contributed by atoms with Crippen molar-refractivity contribution in [1.82, 2.24) is 9.80 Å².